The van der Waals surface area contributed by atoms with E-state index in [1.165, 1.54) is 77.0 Å². The van der Waals surface area contributed by atoms with Gasteiger partial charge in [0.15, 0.2) is 0 Å². The van der Waals surface area contributed by atoms with E-state index in [0.717, 1.165) is 51.4 Å². The zero-order chi connectivity index (χ0) is 23.5. The highest BCUT2D eigenvalue weighted by Gasteiger charge is 2.05. The van der Waals surface area contributed by atoms with Crippen LogP contribution in [-0.4, -0.2) is 25.2 Å². The first-order chi connectivity index (χ1) is 15.7. The van der Waals surface area contributed by atoms with Crippen molar-refractivity contribution in [2.45, 2.75) is 155 Å². The quantitative estimate of drug-likeness (QED) is 0.102. The molecule has 0 atom stereocenters. The Bertz CT molecular complexity index is 370. The molecule has 0 aromatic carbocycles. The maximum atomic E-state index is 11.8. The molecule has 32 heavy (non-hydrogen) atoms. The molecular formula is C28H54O4. The van der Waals surface area contributed by atoms with E-state index in [0.29, 0.717) is 26.1 Å². The minimum absolute atomic E-state index is 0.0716. The first kappa shape index (κ1) is 30.9. The van der Waals surface area contributed by atoms with Crippen LogP contribution in [0.4, 0.5) is 0 Å². The molecule has 0 aliphatic carbocycles. The lowest BCUT2D eigenvalue weighted by atomic mass is 10.1. The number of rotatable bonds is 25. The Hall–Kier alpha value is -1.06. The van der Waals surface area contributed by atoms with E-state index < -0.39 is 0 Å². The Morgan fingerprint density at radius 1 is 0.406 bits per heavy atom. The third-order valence-electron chi connectivity index (χ3n) is 6.03. The summed E-state index contributed by atoms with van der Waals surface area (Å²) in [5.74, 6) is -0.143. The molecule has 0 heterocycles. The van der Waals surface area contributed by atoms with Gasteiger partial charge in [-0.25, -0.2) is 0 Å². The van der Waals surface area contributed by atoms with E-state index in [4.69, 9.17) is 9.47 Å². The van der Waals surface area contributed by atoms with Crippen molar-refractivity contribution in [2.24, 2.45) is 0 Å². The average Bonchev–Trinajstić information content (AvgIpc) is 2.79. The molecule has 0 N–H and O–H groups in total. The van der Waals surface area contributed by atoms with Crippen LogP contribution in [0.5, 0.6) is 0 Å². The minimum Gasteiger partial charge on any atom is -0.466 e. The average molecular weight is 455 g/mol. The Labute approximate surface area is 199 Å². The van der Waals surface area contributed by atoms with Gasteiger partial charge >= 0.3 is 11.9 Å². The first-order valence-corrected chi connectivity index (χ1v) is 14.0. The summed E-state index contributed by atoms with van der Waals surface area (Å²) in [6.07, 6.45) is 24.7. The van der Waals surface area contributed by atoms with E-state index in [9.17, 15) is 9.59 Å². The Kier molecular flexibility index (Phi) is 25.3. The molecule has 0 radical (unpaired) electrons. The van der Waals surface area contributed by atoms with Crippen LogP contribution in [-0.2, 0) is 19.1 Å². The van der Waals surface area contributed by atoms with Crippen molar-refractivity contribution in [1.82, 2.24) is 0 Å². The Morgan fingerprint density at radius 2 is 0.688 bits per heavy atom. The molecule has 0 fully saturated rings. The minimum atomic E-state index is -0.0716. The van der Waals surface area contributed by atoms with Crippen LogP contribution in [0.25, 0.3) is 0 Å². The summed E-state index contributed by atoms with van der Waals surface area (Å²) >= 11 is 0. The molecule has 0 unspecified atom stereocenters. The number of ether oxygens (including phenoxy) is 2. The number of hydrogen-bond acceptors (Lipinski definition) is 4. The van der Waals surface area contributed by atoms with E-state index >= 15 is 0 Å². The molecule has 0 aromatic heterocycles. The zero-order valence-corrected chi connectivity index (χ0v) is 21.6. The molecule has 0 bridgehead atoms. The van der Waals surface area contributed by atoms with Crippen molar-refractivity contribution < 1.29 is 19.1 Å². The van der Waals surface area contributed by atoms with Gasteiger partial charge in [-0.3, -0.25) is 9.59 Å². The van der Waals surface area contributed by atoms with Gasteiger partial charge in [-0.15, -0.1) is 0 Å². The van der Waals surface area contributed by atoms with Crippen LogP contribution >= 0.6 is 0 Å². The Morgan fingerprint density at radius 3 is 1.03 bits per heavy atom. The normalized spacial score (nSPS) is 10.9. The van der Waals surface area contributed by atoms with Crippen molar-refractivity contribution in [1.29, 1.82) is 0 Å². The van der Waals surface area contributed by atoms with Crippen molar-refractivity contribution >= 4 is 11.9 Å². The first-order valence-electron chi connectivity index (χ1n) is 14.0. The fraction of sp³-hybridized carbons (Fsp3) is 0.929. The second-order valence-electron chi connectivity index (χ2n) is 9.30. The molecule has 4 heteroatoms. The molecule has 0 aromatic rings. The van der Waals surface area contributed by atoms with Crippen LogP contribution in [0.1, 0.15) is 155 Å². The highest BCUT2D eigenvalue weighted by atomic mass is 16.5. The molecule has 4 nitrogen and oxygen atoms in total. The second kappa shape index (κ2) is 26.2. The molecule has 0 spiro atoms. The molecule has 0 amide bonds. The second-order valence-corrected chi connectivity index (χ2v) is 9.30. The summed E-state index contributed by atoms with van der Waals surface area (Å²) in [7, 11) is 0. The predicted molar refractivity (Wildman–Crippen MR) is 135 cm³/mol. The number of unbranched alkanes of at least 4 members (excludes halogenated alkanes) is 17. The van der Waals surface area contributed by atoms with Gasteiger partial charge in [-0.1, -0.05) is 117 Å². The largest absolute Gasteiger partial charge is 0.466 e. The van der Waals surface area contributed by atoms with Gasteiger partial charge < -0.3 is 9.47 Å². The van der Waals surface area contributed by atoms with Gasteiger partial charge in [0.2, 0.25) is 0 Å². The van der Waals surface area contributed by atoms with Gasteiger partial charge in [-0.2, -0.15) is 0 Å². The SMILES string of the molecule is CCCCCCCCCCOC(=O)CCCCCCC(=O)OCCCCCCCCCC. The number of carbonyl (C=O) groups is 2. The maximum absolute atomic E-state index is 11.8. The fourth-order valence-electron chi connectivity index (χ4n) is 3.88. The highest BCUT2D eigenvalue weighted by Crippen LogP contribution is 2.11. The standard InChI is InChI=1S/C28H54O4/c1-3-5-7-9-11-13-17-21-25-31-27(29)23-19-15-16-20-24-28(30)32-26-22-18-14-12-10-8-6-4-2/h3-26H2,1-2H3. The zero-order valence-electron chi connectivity index (χ0n) is 21.6. The van der Waals surface area contributed by atoms with Crippen LogP contribution in [0, 0.1) is 0 Å². The summed E-state index contributed by atoms with van der Waals surface area (Å²) < 4.78 is 10.6. The van der Waals surface area contributed by atoms with Gasteiger partial charge in [0.05, 0.1) is 13.2 Å². The molecule has 190 valence electrons. The van der Waals surface area contributed by atoms with Crippen molar-refractivity contribution in [3.8, 4) is 0 Å². The van der Waals surface area contributed by atoms with Crippen LogP contribution in [0.15, 0.2) is 0 Å². The van der Waals surface area contributed by atoms with E-state index in [1.807, 2.05) is 0 Å². The van der Waals surface area contributed by atoms with Gasteiger partial charge in [0.1, 0.15) is 0 Å². The highest BCUT2D eigenvalue weighted by molar-refractivity contribution is 5.69. The smallest absolute Gasteiger partial charge is 0.305 e. The lowest BCUT2D eigenvalue weighted by molar-refractivity contribution is -0.145. The number of hydrogen-bond donors (Lipinski definition) is 0. The van der Waals surface area contributed by atoms with Crippen LogP contribution < -0.4 is 0 Å². The summed E-state index contributed by atoms with van der Waals surface area (Å²) in [6, 6.07) is 0. The van der Waals surface area contributed by atoms with Crippen molar-refractivity contribution in [3.63, 3.8) is 0 Å². The van der Waals surface area contributed by atoms with Gasteiger partial charge in [0.25, 0.3) is 0 Å². The fourth-order valence-corrected chi connectivity index (χ4v) is 3.88. The molecule has 0 aliphatic heterocycles. The number of esters is 2. The lowest BCUT2D eigenvalue weighted by Crippen LogP contribution is -2.06. The van der Waals surface area contributed by atoms with Gasteiger partial charge in [0, 0.05) is 12.8 Å². The number of carbonyl (C=O) groups excluding carboxylic acids is 2. The summed E-state index contributed by atoms with van der Waals surface area (Å²) in [4.78, 5) is 23.5. The summed E-state index contributed by atoms with van der Waals surface area (Å²) in [5, 5.41) is 0. The molecule has 0 aliphatic rings. The molecule has 0 saturated heterocycles. The Balaban J connectivity index is 3.27. The van der Waals surface area contributed by atoms with Crippen molar-refractivity contribution in [2.75, 3.05) is 13.2 Å². The molecule has 0 rings (SSSR count). The van der Waals surface area contributed by atoms with Crippen LogP contribution in [0.3, 0.4) is 0 Å². The maximum Gasteiger partial charge on any atom is 0.305 e. The summed E-state index contributed by atoms with van der Waals surface area (Å²) in [5.41, 5.74) is 0. The molecular weight excluding hydrogens is 400 g/mol. The van der Waals surface area contributed by atoms with Crippen LogP contribution in [0.2, 0.25) is 0 Å². The molecule has 0 saturated carbocycles. The lowest BCUT2D eigenvalue weighted by Gasteiger charge is -2.06. The summed E-state index contributed by atoms with van der Waals surface area (Å²) in [6.45, 7) is 5.62. The third-order valence-corrected chi connectivity index (χ3v) is 6.03. The predicted octanol–water partition coefficient (Wildman–Crippen LogP) is 8.69. The monoisotopic (exact) mass is 454 g/mol. The van der Waals surface area contributed by atoms with Gasteiger partial charge in [-0.05, 0) is 25.7 Å². The van der Waals surface area contributed by atoms with E-state index in [2.05, 4.69) is 13.8 Å². The third kappa shape index (κ3) is 25.2. The van der Waals surface area contributed by atoms with E-state index in [1.54, 1.807) is 0 Å². The van der Waals surface area contributed by atoms with E-state index in [-0.39, 0.29) is 11.9 Å². The van der Waals surface area contributed by atoms with Crippen molar-refractivity contribution in [3.05, 3.63) is 0 Å². The topological polar surface area (TPSA) is 52.6 Å².